The van der Waals surface area contributed by atoms with E-state index in [2.05, 4.69) is 5.32 Å². The highest BCUT2D eigenvalue weighted by Crippen LogP contribution is 2.29. The van der Waals surface area contributed by atoms with Gasteiger partial charge in [-0.3, -0.25) is 4.79 Å². The molecule has 0 unspecified atom stereocenters. The van der Waals surface area contributed by atoms with Gasteiger partial charge in [0, 0.05) is 11.8 Å². The fourth-order valence-corrected chi connectivity index (χ4v) is 1.07. The van der Waals surface area contributed by atoms with Crippen LogP contribution in [0.2, 0.25) is 0 Å². The standard InChI is InChI=1S/C11H8F3NO3/c12-11(13,14)7-1-3-8(4-2-7)15-9(16)5-6-10(17)18/h1-6H,(H,15,16)(H,17,18)/p-1. The molecule has 0 saturated carbocycles. The molecule has 1 N–H and O–H groups in total. The molecule has 1 amide bonds. The lowest BCUT2D eigenvalue weighted by molar-refractivity contribution is -0.297. The minimum absolute atomic E-state index is 0.121. The van der Waals surface area contributed by atoms with Gasteiger partial charge in [-0.25, -0.2) is 0 Å². The van der Waals surface area contributed by atoms with Crippen LogP contribution in [0, 0.1) is 0 Å². The van der Waals surface area contributed by atoms with E-state index in [4.69, 9.17) is 0 Å². The summed E-state index contributed by atoms with van der Waals surface area (Å²) in [4.78, 5) is 21.1. The van der Waals surface area contributed by atoms with Crippen molar-refractivity contribution in [2.24, 2.45) is 0 Å². The van der Waals surface area contributed by atoms with Gasteiger partial charge < -0.3 is 15.2 Å². The van der Waals surface area contributed by atoms with Crippen LogP contribution in [0.4, 0.5) is 18.9 Å². The molecule has 0 bridgehead atoms. The van der Waals surface area contributed by atoms with Gasteiger partial charge in [-0.05, 0) is 30.3 Å². The Kier molecular flexibility index (Phi) is 4.09. The van der Waals surface area contributed by atoms with Gasteiger partial charge in [0.25, 0.3) is 0 Å². The van der Waals surface area contributed by atoms with Crippen molar-refractivity contribution in [3.63, 3.8) is 0 Å². The Labute approximate surface area is 99.7 Å². The molecule has 1 aromatic carbocycles. The number of carboxylic acids is 1. The number of benzene rings is 1. The van der Waals surface area contributed by atoms with Gasteiger partial charge in [0.05, 0.1) is 11.5 Å². The fourth-order valence-electron chi connectivity index (χ4n) is 1.07. The molecule has 96 valence electrons. The molecule has 0 aromatic heterocycles. The normalized spacial score (nSPS) is 11.5. The molecule has 0 heterocycles. The third kappa shape index (κ3) is 4.28. The average Bonchev–Trinajstić information content (AvgIpc) is 2.26. The van der Waals surface area contributed by atoms with Crippen LogP contribution < -0.4 is 10.4 Å². The van der Waals surface area contributed by atoms with Gasteiger partial charge in [0.2, 0.25) is 5.91 Å². The maximum Gasteiger partial charge on any atom is 0.416 e. The van der Waals surface area contributed by atoms with Crippen molar-refractivity contribution >= 4 is 17.6 Å². The van der Waals surface area contributed by atoms with Crippen molar-refractivity contribution in [2.75, 3.05) is 5.32 Å². The number of hydrogen-bond acceptors (Lipinski definition) is 3. The highest BCUT2D eigenvalue weighted by Gasteiger charge is 2.29. The van der Waals surface area contributed by atoms with E-state index in [9.17, 15) is 27.9 Å². The molecular formula is C11H7F3NO3-. The first kappa shape index (κ1) is 13.8. The monoisotopic (exact) mass is 258 g/mol. The Morgan fingerprint density at radius 3 is 2.11 bits per heavy atom. The largest absolute Gasteiger partial charge is 0.545 e. The number of carbonyl (C=O) groups is 2. The minimum atomic E-state index is -4.45. The van der Waals surface area contributed by atoms with Crippen LogP contribution in [-0.4, -0.2) is 11.9 Å². The van der Waals surface area contributed by atoms with Gasteiger partial charge in [0.15, 0.2) is 0 Å². The Balaban J connectivity index is 2.70. The van der Waals surface area contributed by atoms with Gasteiger partial charge in [0.1, 0.15) is 0 Å². The van der Waals surface area contributed by atoms with E-state index in [0.29, 0.717) is 12.2 Å². The van der Waals surface area contributed by atoms with Crippen LogP contribution in [-0.2, 0) is 15.8 Å². The van der Waals surface area contributed by atoms with E-state index in [-0.39, 0.29) is 5.69 Å². The smallest absolute Gasteiger partial charge is 0.416 e. The van der Waals surface area contributed by atoms with E-state index in [0.717, 1.165) is 24.3 Å². The maximum atomic E-state index is 12.2. The van der Waals surface area contributed by atoms with E-state index in [1.54, 1.807) is 0 Å². The van der Waals surface area contributed by atoms with E-state index >= 15 is 0 Å². The van der Waals surface area contributed by atoms with Crippen molar-refractivity contribution in [3.05, 3.63) is 42.0 Å². The van der Waals surface area contributed by atoms with Crippen LogP contribution in [0.15, 0.2) is 36.4 Å². The third-order valence-corrected chi connectivity index (χ3v) is 1.85. The molecule has 0 fully saturated rings. The van der Waals surface area contributed by atoms with Crippen molar-refractivity contribution < 1.29 is 27.9 Å². The summed E-state index contributed by atoms with van der Waals surface area (Å²) in [6.45, 7) is 0. The summed E-state index contributed by atoms with van der Waals surface area (Å²) >= 11 is 0. The van der Waals surface area contributed by atoms with E-state index in [1.165, 1.54) is 0 Å². The van der Waals surface area contributed by atoms with Crippen LogP contribution >= 0.6 is 0 Å². The number of anilines is 1. The number of aliphatic carboxylic acids is 1. The van der Waals surface area contributed by atoms with Crippen LogP contribution in [0.1, 0.15) is 5.56 Å². The number of amides is 1. The number of halogens is 3. The lowest BCUT2D eigenvalue weighted by atomic mass is 10.2. The van der Waals surface area contributed by atoms with Crippen molar-refractivity contribution in [3.8, 4) is 0 Å². The molecule has 0 spiro atoms. The highest BCUT2D eigenvalue weighted by atomic mass is 19.4. The topological polar surface area (TPSA) is 69.2 Å². The molecule has 0 aliphatic carbocycles. The first-order chi connectivity index (χ1) is 8.29. The van der Waals surface area contributed by atoms with E-state index < -0.39 is 23.6 Å². The van der Waals surface area contributed by atoms with Gasteiger partial charge in [-0.15, -0.1) is 0 Å². The summed E-state index contributed by atoms with van der Waals surface area (Å²) in [6.07, 6.45) is -3.23. The Morgan fingerprint density at radius 1 is 1.11 bits per heavy atom. The predicted octanol–water partition coefficient (Wildman–Crippen LogP) is 0.950. The summed E-state index contributed by atoms with van der Waals surface area (Å²) in [5.74, 6) is -2.32. The number of alkyl halides is 3. The molecular weight excluding hydrogens is 251 g/mol. The Bertz CT molecular complexity index is 477. The fraction of sp³-hybridized carbons (Fsp3) is 0.0909. The number of rotatable bonds is 3. The summed E-state index contributed by atoms with van der Waals surface area (Å²) in [7, 11) is 0. The molecule has 7 heteroatoms. The number of hydrogen-bond donors (Lipinski definition) is 1. The summed E-state index contributed by atoms with van der Waals surface area (Å²) in [5.41, 5.74) is -0.721. The quantitative estimate of drug-likeness (QED) is 0.820. The molecule has 0 radical (unpaired) electrons. The van der Waals surface area contributed by atoms with Crippen LogP contribution in [0.25, 0.3) is 0 Å². The van der Waals surface area contributed by atoms with Crippen LogP contribution in [0.3, 0.4) is 0 Å². The summed E-state index contributed by atoms with van der Waals surface area (Å²) in [6, 6.07) is 3.73. The number of nitrogens with one attached hydrogen (secondary N) is 1. The molecule has 0 aliphatic heterocycles. The second-order valence-electron chi connectivity index (χ2n) is 3.22. The molecule has 1 rings (SSSR count). The Morgan fingerprint density at radius 2 is 1.67 bits per heavy atom. The van der Waals surface area contributed by atoms with Crippen molar-refractivity contribution in [2.45, 2.75) is 6.18 Å². The Hall–Kier alpha value is -2.31. The van der Waals surface area contributed by atoms with Gasteiger partial charge >= 0.3 is 6.18 Å². The summed E-state index contributed by atoms with van der Waals surface area (Å²) in [5, 5.41) is 12.2. The predicted molar refractivity (Wildman–Crippen MR) is 54.2 cm³/mol. The third-order valence-electron chi connectivity index (χ3n) is 1.85. The lowest BCUT2D eigenvalue weighted by Gasteiger charge is -2.07. The molecule has 18 heavy (non-hydrogen) atoms. The highest BCUT2D eigenvalue weighted by molar-refractivity contribution is 6.02. The van der Waals surface area contributed by atoms with Gasteiger partial charge in [-0.1, -0.05) is 0 Å². The average molecular weight is 258 g/mol. The van der Waals surface area contributed by atoms with Crippen molar-refractivity contribution in [1.29, 1.82) is 0 Å². The molecule has 1 aromatic rings. The SMILES string of the molecule is O=C([O-])C=CC(=O)Nc1ccc(C(F)(F)F)cc1. The molecule has 0 atom stereocenters. The maximum absolute atomic E-state index is 12.2. The molecule has 4 nitrogen and oxygen atoms in total. The minimum Gasteiger partial charge on any atom is -0.545 e. The zero-order valence-corrected chi connectivity index (χ0v) is 8.82. The zero-order chi connectivity index (χ0) is 13.8. The first-order valence-corrected chi connectivity index (χ1v) is 4.66. The molecule has 0 aliphatic rings. The van der Waals surface area contributed by atoms with Crippen LogP contribution in [0.5, 0.6) is 0 Å². The first-order valence-electron chi connectivity index (χ1n) is 4.66. The summed E-state index contributed by atoms with van der Waals surface area (Å²) < 4.78 is 36.7. The van der Waals surface area contributed by atoms with Crippen molar-refractivity contribution in [1.82, 2.24) is 0 Å². The lowest BCUT2D eigenvalue weighted by Crippen LogP contribution is -2.20. The second kappa shape index (κ2) is 5.35. The van der Waals surface area contributed by atoms with E-state index in [1.807, 2.05) is 0 Å². The number of carbonyl (C=O) groups excluding carboxylic acids is 2. The number of carboxylic acid groups (broad SMARTS) is 1. The van der Waals surface area contributed by atoms with Gasteiger partial charge in [-0.2, -0.15) is 13.2 Å². The molecule has 0 saturated heterocycles. The zero-order valence-electron chi connectivity index (χ0n) is 8.82. The second-order valence-corrected chi connectivity index (χ2v) is 3.22.